The molecule has 0 saturated heterocycles. The normalized spacial score (nSPS) is 27.6. The third-order valence-electron chi connectivity index (χ3n) is 5.32. The van der Waals surface area contributed by atoms with E-state index in [4.69, 9.17) is 11.6 Å². The second-order valence-corrected chi connectivity index (χ2v) is 8.14. The molecule has 2 rings (SSSR count). The minimum atomic E-state index is 0.281. The van der Waals surface area contributed by atoms with Crippen LogP contribution in [0.15, 0.2) is 18.2 Å². The average Bonchev–Trinajstić information content (AvgIpc) is 2.33. The number of alkyl halides is 1. The molecule has 0 N–H and O–H groups in total. The lowest BCUT2D eigenvalue weighted by molar-refractivity contribution is 0.141. The summed E-state index contributed by atoms with van der Waals surface area (Å²) in [5, 5.41) is 0.345. The minimum absolute atomic E-state index is 0.281. The zero-order valence-corrected chi connectivity index (χ0v) is 14.4. The predicted molar refractivity (Wildman–Crippen MR) is 89.5 cm³/mol. The fraction of sp³-hybridized carbons (Fsp3) is 0.684. The average molecular weight is 293 g/mol. The van der Waals surface area contributed by atoms with Gasteiger partial charge >= 0.3 is 0 Å². The Labute approximate surface area is 129 Å². The highest BCUT2D eigenvalue weighted by molar-refractivity contribution is 6.20. The van der Waals surface area contributed by atoms with Gasteiger partial charge < -0.3 is 0 Å². The van der Waals surface area contributed by atoms with E-state index < -0.39 is 0 Å². The Morgan fingerprint density at radius 2 is 1.75 bits per heavy atom. The molecule has 1 saturated carbocycles. The van der Waals surface area contributed by atoms with E-state index in [9.17, 15) is 0 Å². The second kappa shape index (κ2) is 6.10. The van der Waals surface area contributed by atoms with E-state index in [0.717, 1.165) is 12.3 Å². The molecule has 0 heterocycles. The van der Waals surface area contributed by atoms with Gasteiger partial charge in [-0.15, -0.1) is 11.6 Å². The number of hydrogen-bond donors (Lipinski definition) is 0. The molecule has 0 radical (unpaired) electrons. The highest BCUT2D eigenvalue weighted by Gasteiger charge is 2.38. The standard InChI is InChI=1S/C19H29Cl/c1-13-9-10-17(18(20)11-13)19(4,5)12-16-14(2)7-6-8-15(16)3/h6-8,13,17-18H,9-12H2,1-5H3. The quantitative estimate of drug-likeness (QED) is 0.607. The maximum absolute atomic E-state index is 6.71. The molecule has 1 fully saturated rings. The molecule has 3 unspecified atom stereocenters. The highest BCUT2D eigenvalue weighted by Crippen LogP contribution is 2.45. The van der Waals surface area contributed by atoms with E-state index in [1.807, 2.05) is 0 Å². The first-order valence-electron chi connectivity index (χ1n) is 8.00. The number of aryl methyl sites for hydroxylation is 2. The highest BCUT2D eigenvalue weighted by atomic mass is 35.5. The van der Waals surface area contributed by atoms with Gasteiger partial charge in [-0.3, -0.25) is 0 Å². The lowest BCUT2D eigenvalue weighted by Gasteiger charge is -2.42. The van der Waals surface area contributed by atoms with Gasteiger partial charge in [-0.2, -0.15) is 0 Å². The van der Waals surface area contributed by atoms with Crippen molar-refractivity contribution in [3.8, 4) is 0 Å². The van der Waals surface area contributed by atoms with Gasteiger partial charge in [-0.25, -0.2) is 0 Å². The van der Waals surface area contributed by atoms with E-state index in [1.54, 1.807) is 0 Å². The topological polar surface area (TPSA) is 0 Å². The minimum Gasteiger partial charge on any atom is -0.123 e. The molecule has 1 aliphatic carbocycles. The summed E-state index contributed by atoms with van der Waals surface area (Å²) < 4.78 is 0. The van der Waals surface area contributed by atoms with E-state index in [2.05, 4.69) is 52.8 Å². The SMILES string of the molecule is Cc1cccc(C)c1CC(C)(C)C1CCC(C)CC1Cl. The fourth-order valence-corrected chi connectivity index (χ4v) is 4.68. The summed E-state index contributed by atoms with van der Waals surface area (Å²) in [6.07, 6.45) is 4.95. The molecule has 0 bridgehead atoms. The van der Waals surface area contributed by atoms with E-state index in [-0.39, 0.29) is 5.41 Å². The van der Waals surface area contributed by atoms with Crippen molar-refractivity contribution in [2.75, 3.05) is 0 Å². The van der Waals surface area contributed by atoms with Crippen LogP contribution in [0.4, 0.5) is 0 Å². The molecule has 3 atom stereocenters. The molecule has 1 heteroatoms. The zero-order valence-electron chi connectivity index (χ0n) is 13.7. The lowest BCUT2D eigenvalue weighted by atomic mass is 9.66. The summed E-state index contributed by atoms with van der Waals surface area (Å²) in [5.41, 5.74) is 4.66. The van der Waals surface area contributed by atoms with Crippen LogP contribution in [-0.4, -0.2) is 5.38 Å². The lowest BCUT2D eigenvalue weighted by Crippen LogP contribution is -2.37. The first-order chi connectivity index (χ1) is 9.31. The van der Waals surface area contributed by atoms with Crippen LogP contribution >= 0.6 is 11.6 Å². The molecule has 0 aromatic heterocycles. The van der Waals surface area contributed by atoms with Crippen LogP contribution in [0.1, 0.15) is 56.7 Å². The molecule has 0 spiro atoms. The van der Waals surface area contributed by atoms with Crippen LogP contribution in [-0.2, 0) is 6.42 Å². The second-order valence-electron chi connectivity index (χ2n) is 7.58. The Bertz CT molecular complexity index is 441. The molecule has 1 aliphatic rings. The van der Waals surface area contributed by atoms with Crippen molar-refractivity contribution < 1.29 is 0 Å². The molecule has 0 aliphatic heterocycles. The van der Waals surface area contributed by atoms with Crippen molar-refractivity contribution in [3.05, 3.63) is 34.9 Å². The molecule has 1 aromatic rings. The first-order valence-corrected chi connectivity index (χ1v) is 8.44. The molecular weight excluding hydrogens is 264 g/mol. The van der Waals surface area contributed by atoms with Gasteiger partial charge in [0.2, 0.25) is 0 Å². The van der Waals surface area contributed by atoms with Crippen LogP contribution in [0.5, 0.6) is 0 Å². The van der Waals surface area contributed by atoms with Gasteiger partial charge in [0.05, 0.1) is 0 Å². The largest absolute Gasteiger partial charge is 0.123 e. The smallest absolute Gasteiger partial charge is 0.0372 e. The van der Waals surface area contributed by atoms with E-state index >= 15 is 0 Å². The third kappa shape index (κ3) is 3.39. The summed E-state index contributed by atoms with van der Waals surface area (Å²) in [7, 11) is 0. The van der Waals surface area contributed by atoms with Gasteiger partial charge in [0.1, 0.15) is 0 Å². The fourth-order valence-electron chi connectivity index (χ4n) is 3.91. The van der Waals surface area contributed by atoms with Gasteiger partial charge in [0, 0.05) is 5.38 Å². The molecule has 20 heavy (non-hydrogen) atoms. The van der Waals surface area contributed by atoms with Gasteiger partial charge in [0.15, 0.2) is 0 Å². The van der Waals surface area contributed by atoms with Crippen LogP contribution in [0.25, 0.3) is 0 Å². The van der Waals surface area contributed by atoms with E-state index in [1.165, 1.54) is 36.0 Å². The van der Waals surface area contributed by atoms with Crippen molar-refractivity contribution in [3.63, 3.8) is 0 Å². The van der Waals surface area contributed by atoms with Crippen molar-refractivity contribution in [1.82, 2.24) is 0 Å². The summed E-state index contributed by atoms with van der Waals surface area (Å²) in [6, 6.07) is 6.63. The summed E-state index contributed by atoms with van der Waals surface area (Å²) in [5.74, 6) is 1.43. The molecule has 112 valence electrons. The number of rotatable bonds is 3. The molecule has 0 amide bonds. The van der Waals surface area contributed by atoms with Crippen molar-refractivity contribution in [2.45, 2.75) is 65.7 Å². The van der Waals surface area contributed by atoms with Gasteiger partial charge in [0.25, 0.3) is 0 Å². The summed E-state index contributed by atoms with van der Waals surface area (Å²) in [6.45, 7) is 11.6. The van der Waals surface area contributed by atoms with Crippen molar-refractivity contribution >= 4 is 11.6 Å². The Hall–Kier alpha value is -0.490. The Morgan fingerprint density at radius 3 is 2.30 bits per heavy atom. The third-order valence-corrected chi connectivity index (χ3v) is 5.80. The number of halogens is 1. The van der Waals surface area contributed by atoms with Crippen molar-refractivity contribution in [2.24, 2.45) is 17.3 Å². The van der Waals surface area contributed by atoms with Crippen molar-refractivity contribution in [1.29, 1.82) is 0 Å². The van der Waals surface area contributed by atoms with Crippen LogP contribution in [0.3, 0.4) is 0 Å². The van der Waals surface area contributed by atoms with Crippen LogP contribution < -0.4 is 0 Å². The molecule has 1 aromatic carbocycles. The van der Waals surface area contributed by atoms with E-state index in [0.29, 0.717) is 11.3 Å². The Balaban J connectivity index is 2.18. The van der Waals surface area contributed by atoms with Gasteiger partial charge in [-0.1, -0.05) is 45.4 Å². The Kier molecular flexibility index (Phi) is 4.84. The summed E-state index contributed by atoms with van der Waals surface area (Å²) in [4.78, 5) is 0. The monoisotopic (exact) mass is 292 g/mol. The molecular formula is C19H29Cl. The Morgan fingerprint density at radius 1 is 1.15 bits per heavy atom. The first kappa shape index (κ1) is 15.9. The maximum atomic E-state index is 6.71. The predicted octanol–water partition coefficient (Wildman–Crippen LogP) is 5.92. The molecule has 0 nitrogen and oxygen atoms in total. The zero-order chi connectivity index (χ0) is 14.9. The number of hydrogen-bond acceptors (Lipinski definition) is 0. The maximum Gasteiger partial charge on any atom is 0.0372 e. The van der Waals surface area contributed by atoms with Gasteiger partial charge in [-0.05, 0) is 67.1 Å². The number of benzene rings is 1. The van der Waals surface area contributed by atoms with Crippen LogP contribution in [0, 0.1) is 31.1 Å². The van der Waals surface area contributed by atoms with Crippen LogP contribution in [0.2, 0.25) is 0 Å². The summed E-state index contributed by atoms with van der Waals surface area (Å²) >= 11 is 6.71.